The van der Waals surface area contributed by atoms with Crippen LogP contribution in [0.2, 0.25) is 0 Å². The van der Waals surface area contributed by atoms with E-state index in [9.17, 15) is 5.11 Å². The van der Waals surface area contributed by atoms with E-state index in [1.54, 1.807) is 0 Å². The fourth-order valence-electron chi connectivity index (χ4n) is 3.96. The molecule has 4 aromatic rings. The summed E-state index contributed by atoms with van der Waals surface area (Å²) >= 11 is 0. The Bertz CT molecular complexity index is 1110. The summed E-state index contributed by atoms with van der Waals surface area (Å²) in [4.78, 5) is 0. The highest BCUT2D eigenvalue weighted by Gasteiger charge is 2.20. The van der Waals surface area contributed by atoms with Gasteiger partial charge in [0.15, 0.2) is 11.5 Å². The molecule has 1 N–H and O–H groups in total. The molecule has 3 heteroatoms. The number of rotatable bonds is 10. The van der Waals surface area contributed by atoms with Crippen molar-refractivity contribution < 1.29 is 14.6 Å². The fraction of sp³-hybridized carbons (Fsp3) is 0.200. The van der Waals surface area contributed by atoms with Gasteiger partial charge in [0.05, 0.1) is 6.10 Å². The van der Waals surface area contributed by atoms with E-state index in [-0.39, 0.29) is 5.92 Å². The Morgan fingerprint density at radius 3 is 1.94 bits per heavy atom. The van der Waals surface area contributed by atoms with Crippen LogP contribution < -0.4 is 9.47 Å². The van der Waals surface area contributed by atoms with Gasteiger partial charge in [-0.15, -0.1) is 0 Å². The molecule has 0 saturated heterocycles. The van der Waals surface area contributed by atoms with Gasteiger partial charge in [-0.05, 0) is 60.7 Å². The maximum Gasteiger partial charge on any atom is 0.169 e. The predicted molar refractivity (Wildman–Crippen MR) is 133 cm³/mol. The number of aliphatic hydroxyl groups excluding tert-OH is 1. The van der Waals surface area contributed by atoms with Crippen molar-refractivity contribution in [1.82, 2.24) is 0 Å². The summed E-state index contributed by atoms with van der Waals surface area (Å²) in [5.74, 6) is 2.08. The second kappa shape index (κ2) is 11.3. The van der Waals surface area contributed by atoms with E-state index in [1.165, 1.54) is 5.56 Å². The standard InChI is InChI=1S/C30H30O3/c1-23(31)28(19-17-24-11-5-2-6-12-24)26-18-20-29(33-27-15-9-4-10-16-27)30(21-26)32-22-25-13-7-3-8-14-25/h2-16,18,20-21,23,28,31H,17,19,22H2,1H3. The first-order valence-corrected chi connectivity index (χ1v) is 11.4. The van der Waals surface area contributed by atoms with Gasteiger partial charge in [-0.3, -0.25) is 0 Å². The van der Waals surface area contributed by atoms with E-state index < -0.39 is 6.10 Å². The molecule has 0 fully saturated rings. The van der Waals surface area contributed by atoms with Crippen molar-refractivity contribution in [3.63, 3.8) is 0 Å². The van der Waals surface area contributed by atoms with Crippen LogP contribution in [0.4, 0.5) is 0 Å². The van der Waals surface area contributed by atoms with Crippen LogP contribution in [0.1, 0.15) is 36.0 Å². The Labute approximate surface area is 196 Å². The molecule has 4 rings (SSSR count). The molecule has 4 aromatic carbocycles. The van der Waals surface area contributed by atoms with Crippen LogP contribution >= 0.6 is 0 Å². The molecular weight excluding hydrogens is 408 g/mol. The normalized spacial score (nSPS) is 12.7. The molecule has 0 saturated carbocycles. The van der Waals surface area contributed by atoms with Crippen LogP contribution in [-0.4, -0.2) is 11.2 Å². The third-order valence-corrected chi connectivity index (χ3v) is 5.77. The van der Waals surface area contributed by atoms with Gasteiger partial charge in [0.1, 0.15) is 12.4 Å². The van der Waals surface area contributed by atoms with Gasteiger partial charge < -0.3 is 14.6 Å². The van der Waals surface area contributed by atoms with Gasteiger partial charge in [-0.25, -0.2) is 0 Å². The molecule has 0 aliphatic rings. The lowest BCUT2D eigenvalue weighted by molar-refractivity contribution is 0.157. The van der Waals surface area contributed by atoms with E-state index in [0.29, 0.717) is 18.1 Å². The minimum absolute atomic E-state index is 0.00458. The van der Waals surface area contributed by atoms with Crippen LogP contribution in [-0.2, 0) is 13.0 Å². The summed E-state index contributed by atoms with van der Waals surface area (Å²) in [5, 5.41) is 10.6. The van der Waals surface area contributed by atoms with Crippen LogP contribution in [0.3, 0.4) is 0 Å². The molecular formula is C30H30O3. The van der Waals surface area contributed by atoms with Crippen molar-refractivity contribution in [2.75, 3.05) is 0 Å². The number of benzene rings is 4. The number of aliphatic hydroxyl groups is 1. The third-order valence-electron chi connectivity index (χ3n) is 5.77. The topological polar surface area (TPSA) is 38.7 Å². The van der Waals surface area contributed by atoms with Crippen molar-refractivity contribution in [3.8, 4) is 17.2 Å². The fourth-order valence-corrected chi connectivity index (χ4v) is 3.96. The molecule has 2 unspecified atom stereocenters. The number of para-hydroxylation sites is 1. The van der Waals surface area contributed by atoms with Crippen LogP contribution in [0.25, 0.3) is 0 Å². The van der Waals surface area contributed by atoms with E-state index >= 15 is 0 Å². The molecule has 0 amide bonds. The second-order valence-corrected chi connectivity index (χ2v) is 8.27. The van der Waals surface area contributed by atoms with Gasteiger partial charge in [-0.2, -0.15) is 0 Å². The maximum absolute atomic E-state index is 10.6. The summed E-state index contributed by atoms with van der Waals surface area (Å²) in [6.07, 6.45) is 1.27. The lowest BCUT2D eigenvalue weighted by atomic mass is 9.88. The minimum Gasteiger partial charge on any atom is -0.485 e. The predicted octanol–water partition coefficient (Wildman–Crippen LogP) is 7.16. The van der Waals surface area contributed by atoms with Gasteiger partial charge in [-0.1, -0.05) is 84.9 Å². The van der Waals surface area contributed by atoms with Crippen LogP contribution in [0, 0.1) is 0 Å². The number of hydrogen-bond donors (Lipinski definition) is 1. The zero-order chi connectivity index (χ0) is 22.9. The molecule has 0 bridgehead atoms. The number of aryl methyl sites for hydroxylation is 1. The van der Waals surface area contributed by atoms with Crippen molar-refractivity contribution in [3.05, 3.63) is 126 Å². The molecule has 168 valence electrons. The maximum atomic E-state index is 10.6. The molecule has 0 aliphatic heterocycles. The van der Waals surface area contributed by atoms with Crippen molar-refractivity contribution >= 4 is 0 Å². The van der Waals surface area contributed by atoms with Gasteiger partial charge in [0.25, 0.3) is 0 Å². The minimum atomic E-state index is -0.475. The first-order valence-electron chi connectivity index (χ1n) is 11.4. The summed E-state index contributed by atoms with van der Waals surface area (Å²) in [7, 11) is 0. The lowest BCUT2D eigenvalue weighted by Gasteiger charge is -2.22. The third kappa shape index (κ3) is 6.47. The highest BCUT2D eigenvalue weighted by atomic mass is 16.5. The summed E-state index contributed by atoms with van der Waals surface area (Å²) in [6.45, 7) is 2.30. The van der Waals surface area contributed by atoms with Crippen molar-refractivity contribution in [1.29, 1.82) is 0 Å². The largest absolute Gasteiger partial charge is 0.485 e. The van der Waals surface area contributed by atoms with Crippen LogP contribution in [0.15, 0.2) is 109 Å². The average molecular weight is 439 g/mol. The van der Waals surface area contributed by atoms with Gasteiger partial charge in [0.2, 0.25) is 0 Å². The molecule has 2 atom stereocenters. The Hall–Kier alpha value is -3.56. The highest BCUT2D eigenvalue weighted by Crippen LogP contribution is 2.37. The van der Waals surface area contributed by atoms with E-state index in [0.717, 1.165) is 29.7 Å². The Balaban J connectivity index is 1.58. The number of ether oxygens (including phenoxy) is 2. The average Bonchev–Trinajstić information content (AvgIpc) is 2.86. The summed E-state index contributed by atoms with van der Waals surface area (Å²) in [6, 6.07) is 36.2. The molecule has 0 aliphatic carbocycles. The molecule has 0 aromatic heterocycles. The first-order chi connectivity index (χ1) is 16.2. The van der Waals surface area contributed by atoms with Gasteiger partial charge in [0, 0.05) is 5.92 Å². The van der Waals surface area contributed by atoms with Crippen LogP contribution in [0.5, 0.6) is 17.2 Å². The summed E-state index contributed by atoms with van der Waals surface area (Å²) < 4.78 is 12.4. The molecule has 33 heavy (non-hydrogen) atoms. The Kier molecular flexibility index (Phi) is 7.78. The van der Waals surface area contributed by atoms with E-state index in [1.807, 2.05) is 91.9 Å². The highest BCUT2D eigenvalue weighted by molar-refractivity contribution is 5.46. The van der Waals surface area contributed by atoms with E-state index in [4.69, 9.17) is 9.47 Å². The quantitative estimate of drug-likeness (QED) is 0.286. The SMILES string of the molecule is CC(O)C(CCc1ccccc1)c1ccc(Oc2ccccc2)c(OCc2ccccc2)c1. The van der Waals surface area contributed by atoms with Crippen molar-refractivity contribution in [2.24, 2.45) is 0 Å². The molecule has 0 heterocycles. The Morgan fingerprint density at radius 1 is 0.697 bits per heavy atom. The molecule has 0 spiro atoms. The van der Waals surface area contributed by atoms with E-state index in [2.05, 4.69) is 24.3 Å². The van der Waals surface area contributed by atoms with Gasteiger partial charge >= 0.3 is 0 Å². The zero-order valence-electron chi connectivity index (χ0n) is 18.9. The lowest BCUT2D eigenvalue weighted by Crippen LogP contribution is -2.16. The smallest absolute Gasteiger partial charge is 0.169 e. The molecule has 0 radical (unpaired) electrons. The monoisotopic (exact) mass is 438 g/mol. The number of hydrogen-bond acceptors (Lipinski definition) is 3. The first kappa shape index (κ1) is 22.6. The van der Waals surface area contributed by atoms with Crippen molar-refractivity contribution in [2.45, 2.75) is 38.4 Å². The zero-order valence-corrected chi connectivity index (χ0v) is 18.9. The molecule has 3 nitrogen and oxygen atoms in total. The second-order valence-electron chi connectivity index (χ2n) is 8.27. The Morgan fingerprint density at radius 2 is 1.30 bits per heavy atom. The summed E-state index contributed by atoms with van der Waals surface area (Å²) in [5.41, 5.74) is 3.40.